The molecule has 0 aliphatic rings. The maximum absolute atomic E-state index is 8.88. The third-order valence-corrected chi connectivity index (χ3v) is 0.129. The van der Waals surface area contributed by atoms with Crippen molar-refractivity contribution in [3.05, 3.63) is 12.7 Å². The van der Waals surface area contributed by atoms with E-state index >= 15 is 0 Å². The third-order valence-electron chi connectivity index (χ3n) is 0.129. The van der Waals surface area contributed by atoms with E-state index in [2.05, 4.69) is 6.58 Å². The average Bonchev–Trinajstić information content (AvgIpc) is 1.79. The zero-order valence-electron chi connectivity index (χ0n) is 7.33. The zero-order valence-corrected chi connectivity index (χ0v) is 12.3. The van der Waals surface area contributed by atoms with Crippen molar-refractivity contribution in [3.8, 4) is 0 Å². The Bertz CT molecular complexity index is 181. The van der Waals surface area contributed by atoms with E-state index in [0.717, 1.165) is 0 Å². The van der Waals surface area contributed by atoms with Crippen LogP contribution in [-0.4, -0.2) is 41.1 Å². The largest absolute Gasteiger partial charge is 0.466 e. The Kier molecular flexibility index (Phi) is 22.5. The number of aliphatic hydroxyl groups excluding tert-OH is 1. The van der Waals surface area contributed by atoms with Crippen molar-refractivity contribution in [2.24, 2.45) is 0 Å². The molecule has 92 valence electrons. The number of aliphatic hydroxyl groups is 1. The Morgan fingerprint density at radius 1 is 0.933 bits per heavy atom. The molecule has 15 heavy (non-hydrogen) atoms. The van der Waals surface area contributed by atoms with Crippen LogP contribution in [-0.2, 0) is 9.13 Å². The summed E-state index contributed by atoms with van der Waals surface area (Å²) in [6.45, 7) is 3.31. The Morgan fingerprint density at radius 2 is 1.00 bits per heavy atom. The van der Waals surface area contributed by atoms with E-state index in [-0.39, 0.29) is 48.4 Å². The van der Waals surface area contributed by atoms with E-state index in [1.165, 1.54) is 6.08 Å². The van der Waals surface area contributed by atoms with Crippen LogP contribution in [0.25, 0.3) is 0 Å². The van der Waals surface area contributed by atoms with E-state index < -0.39 is 15.6 Å². The number of phosphoric acid groups is 2. The van der Waals surface area contributed by atoms with Gasteiger partial charge in [0, 0.05) is 41.7 Å². The van der Waals surface area contributed by atoms with Crippen molar-refractivity contribution in [3.63, 3.8) is 0 Å². The zero-order chi connectivity index (χ0) is 12.4. The molecule has 0 aliphatic carbocycles. The van der Waals surface area contributed by atoms with Gasteiger partial charge in [0.15, 0.2) is 0 Å². The minimum Gasteiger partial charge on any atom is -0.392 e. The van der Waals surface area contributed by atoms with E-state index in [4.69, 9.17) is 43.6 Å². The fraction of sp³-hybridized carbons (Fsp3) is 0.333. The SMILES string of the molecule is C=CCO.O=P(O)(O)O.O=P(O)(O)O.[Ce]. The van der Waals surface area contributed by atoms with Crippen LogP contribution in [0.1, 0.15) is 0 Å². The number of rotatable bonds is 1. The van der Waals surface area contributed by atoms with Gasteiger partial charge in [0.05, 0.1) is 6.61 Å². The van der Waals surface area contributed by atoms with Crippen LogP contribution in [0.5, 0.6) is 0 Å². The van der Waals surface area contributed by atoms with Crippen LogP contribution in [0, 0.1) is 41.7 Å². The molecule has 0 atom stereocenters. The number of hydrogen-bond acceptors (Lipinski definition) is 3. The molecule has 0 spiro atoms. The molecule has 0 saturated heterocycles. The summed E-state index contributed by atoms with van der Waals surface area (Å²) in [4.78, 5) is 43.1. The first kappa shape index (κ1) is 25.2. The van der Waals surface area contributed by atoms with Gasteiger partial charge >= 0.3 is 15.6 Å². The van der Waals surface area contributed by atoms with Gasteiger partial charge in [-0.3, -0.25) is 0 Å². The molecule has 0 unspecified atom stereocenters. The van der Waals surface area contributed by atoms with E-state index in [1.807, 2.05) is 0 Å². The van der Waals surface area contributed by atoms with Crippen LogP contribution in [0.2, 0.25) is 0 Å². The van der Waals surface area contributed by atoms with Crippen LogP contribution >= 0.6 is 15.6 Å². The molecule has 7 N–H and O–H groups in total. The van der Waals surface area contributed by atoms with E-state index in [0.29, 0.717) is 0 Å². The summed E-state index contributed by atoms with van der Waals surface area (Å²) >= 11 is 0. The van der Waals surface area contributed by atoms with Gasteiger partial charge in [-0.25, -0.2) is 9.13 Å². The number of hydrogen-bond donors (Lipinski definition) is 7. The summed E-state index contributed by atoms with van der Waals surface area (Å²) in [7, 11) is -9.28. The fourth-order valence-corrected chi connectivity index (χ4v) is 0. The molecule has 0 aliphatic heterocycles. The third kappa shape index (κ3) is 513. The minimum atomic E-state index is -4.64. The van der Waals surface area contributed by atoms with Crippen molar-refractivity contribution in [2.75, 3.05) is 6.61 Å². The van der Waals surface area contributed by atoms with Crippen molar-refractivity contribution in [1.82, 2.24) is 0 Å². The summed E-state index contributed by atoms with van der Waals surface area (Å²) in [5.41, 5.74) is 0. The molecule has 0 radical (unpaired) electrons. The van der Waals surface area contributed by atoms with Crippen molar-refractivity contribution >= 4 is 15.6 Å². The summed E-state index contributed by atoms with van der Waals surface area (Å²) in [6.07, 6.45) is 1.43. The van der Waals surface area contributed by atoms with Crippen LogP contribution < -0.4 is 0 Å². The van der Waals surface area contributed by atoms with Gasteiger partial charge in [-0.1, -0.05) is 6.08 Å². The van der Waals surface area contributed by atoms with E-state index in [1.54, 1.807) is 0 Å². The Balaban J connectivity index is -0.0000000590. The smallest absolute Gasteiger partial charge is 0.392 e. The van der Waals surface area contributed by atoms with Crippen LogP contribution in [0.15, 0.2) is 12.7 Å². The van der Waals surface area contributed by atoms with Crippen molar-refractivity contribution < 1.29 is 85.3 Å². The quantitative estimate of drug-likeness (QED) is 0.202. The first-order valence-corrected chi connectivity index (χ1v) is 5.83. The molecule has 0 aromatic rings. The monoisotopic (exact) mass is 394 g/mol. The van der Waals surface area contributed by atoms with Gasteiger partial charge in [0.2, 0.25) is 0 Å². The average molecular weight is 394 g/mol. The van der Waals surface area contributed by atoms with Gasteiger partial charge in [0.1, 0.15) is 0 Å². The maximum atomic E-state index is 8.88. The molecule has 0 fully saturated rings. The summed E-state index contributed by atoms with van der Waals surface area (Å²) < 4.78 is 17.8. The molecular weight excluding hydrogens is 382 g/mol. The minimum absolute atomic E-state index is 0. The second-order valence-electron chi connectivity index (χ2n) is 1.50. The molecule has 0 aromatic heterocycles. The van der Waals surface area contributed by atoms with E-state index in [9.17, 15) is 0 Å². The molecule has 12 heteroatoms. The Labute approximate surface area is 119 Å². The Morgan fingerprint density at radius 3 is 1.00 bits per heavy atom. The van der Waals surface area contributed by atoms with Crippen molar-refractivity contribution in [1.29, 1.82) is 0 Å². The normalized spacial score (nSPS) is 9.53. The first-order valence-electron chi connectivity index (χ1n) is 2.70. The topological polar surface area (TPSA) is 176 Å². The molecule has 0 rings (SSSR count). The van der Waals surface area contributed by atoms with Gasteiger partial charge in [-0.15, -0.1) is 6.58 Å². The summed E-state index contributed by atoms with van der Waals surface area (Å²) in [5, 5.41) is 7.76. The predicted octanol–water partition coefficient (Wildman–Crippen LogP) is -1.69. The summed E-state index contributed by atoms with van der Waals surface area (Å²) in [6, 6.07) is 0. The van der Waals surface area contributed by atoms with Crippen LogP contribution in [0.3, 0.4) is 0 Å². The van der Waals surface area contributed by atoms with Crippen LogP contribution in [0.4, 0.5) is 0 Å². The predicted molar refractivity (Wildman–Crippen MR) is 45.8 cm³/mol. The fourth-order valence-electron chi connectivity index (χ4n) is 0. The molecule has 0 heterocycles. The van der Waals surface area contributed by atoms with Gasteiger partial charge in [-0.05, 0) is 0 Å². The standard InChI is InChI=1S/C3H6O.Ce.2H3O4P/c1-2-3-4;;2*1-5(2,3)4/h2,4H,1,3H2;;2*(H3,1,2,3,4). The molecule has 0 aromatic carbocycles. The molecule has 9 nitrogen and oxygen atoms in total. The van der Waals surface area contributed by atoms with Gasteiger partial charge in [-0.2, -0.15) is 0 Å². The molecule has 0 bridgehead atoms. The second-order valence-corrected chi connectivity index (χ2v) is 3.55. The maximum Gasteiger partial charge on any atom is 0.466 e. The second kappa shape index (κ2) is 13.4. The first-order chi connectivity index (χ1) is 5.91. The molecule has 0 amide bonds. The van der Waals surface area contributed by atoms with Gasteiger partial charge < -0.3 is 34.5 Å². The van der Waals surface area contributed by atoms with Gasteiger partial charge in [0.25, 0.3) is 0 Å². The summed E-state index contributed by atoms with van der Waals surface area (Å²) in [5.74, 6) is 0. The molecular formula is C3H12CeO9P2. The Hall–Kier alpha value is 1.30. The molecule has 0 saturated carbocycles. The van der Waals surface area contributed by atoms with Crippen molar-refractivity contribution in [2.45, 2.75) is 0 Å².